The number of aliphatic hydroxyl groups excluding tert-OH is 1. The van der Waals surface area contributed by atoms with Crippen molar-refractivity contribution in [1.29, 1.82) is 0 Å². The summed E-state index contributed by atoms with van der Waals surface area (Å²) >= 11 is 6.94. The van der Waals surface area contributed by atoms with E-state index in [1.807, 2.05) is 66.7 Å². The lowest BCUT2D eigenvalue weighted by atomic mass is 9.96. The van der Waals surface area contributed by atoms with E-state index in [-0.39, 0.29) is 6.04 Å². The predicted octanol–water partition coefficient (Wildman–Crippen LogP) is 6.49. The Labute approximate surface area is 165 Å². The minimum atomic E-state index is -0.530. The number of benzene rings is 3. The van der Waals surface area contributed by atoms with Crippen LogP contribution in [0.4, 0.5) is 5.69 Å². The van der Waals surface area contributed by atoms with Gasteiger partial charge in [0.15, 0.2) is 0 Å². The molecule has 0 saturated carbocycles. The van der Waals surface area contributed by atoms with Crippen molar-refractivity contribution in [2.24, 2.45) is 0 Å². The monoisotopic (exact) mass is 459 g/mol. The molecule has 0 heterocycles. The molecule has 0 bridgehead atoms. The third-order valence-corrected chi connectivity index (χ3v) is 5.16. The van der Waals surface area contributed by atoms with E-state index in [0.29, 0.717) is 6.42 Å². The molecule has 0 amide bonds. The molecule has 0 aromatic heterocycles. The van der Waals surface area contributed by atoms with Crippen LogP contribution < -0.4 is 5.32 Å². The molecule has 2 unspecified atom stereocenters. The first-order valence-corrected chi connectivity index (χ1v) is 9.71. The van der Waals surface area contributed by atoms with Gasteiger partial charge in [-0.2, -0.15) is 0 Å². The average Bonchev–Trinajstić information content (AvgIpc) is 2.64. The van der Waals surface area contributed by atoms with Gasteiger partial charge in [-0.3, -0.25) is 0 Å². The molecule has 2 nitrogen and oxygen atoms in total. The second-order valence-electron chi connectivity index (χ2n) is 5.92. The van der Waals surface area contributed by atoms with Gasteiger partial charge in [-0.1, -0.05) is 74.3 Å². The molecule has 3 aromatic rings. The first kappa shape index (κ1) is 18.2. The number of rotatable bonds is 6. The standard InChI is InChI=1S/C21H19Br2NO/c22-17-8-6-15(7-9-17)20(24-19-12-10-18(23)11-13-19)14-21(25)16-4-2-1-3-5-16/h1-13,20-21,24-25H,14H2. The molecule has 0 aliphatic rings. The smallest absolute Gasteiger partial charge is 0.0812 e. The quantitative estimate of drug-likeness (QED) is 0.440. The molecule has 0 aliphatic heterocycles. The number of hydrogen-bond acceptors (Lipinski definition) is 2. The minimum absolute atomic E-state index is 0.00415. The third kappa shape index (κ3) is 5.18. The van der Waals surface area contributed by atoms with Crippen molar-refractivity contribution in [3.63, 3.8) is 0 Å². The Kier molecular flexibility index (Phi) is 6.29. The molecule has 2 atom stereocenters. The number of hydrogen-bond donors (Lipinski definition) is 2. The molecule has 3 aromatic carbocycles. The third-order valence-electron chi connectivity index (χ3n) is 4.10. The van der Waals surface area contributed by atoms with E-state index in [0.717, 1.165) is 25.8 Å². The van der Waals surface area contributed by atoms with Gasteiger partial charge in [0.2, 0.25) is 0 Å². The largest absolute Gasteiger partial charge is 0.388 e. The normalized spacial score (nSPS) is 13.2. The molecule has 0 radical (unpaired) electrons. The summed E-state index contributed by atoms with van der Waals surface area (Å²) in [5.74, 6) is 0. The molecule has 25 heavy (non-hydrogen) atoms. The first-order chi connectivity index (χ1) is 12.1. The van der Waals surface area contributed by atoms with Crippen LogP contribution in [0.1, 0.15) is 29.7 Å². The van der Waals surface area contributed by atoms with Crippen LogP contribution in [0.5, 0.6) is 0 Å². The summed E-state index contributed by atoms with van der Waals surface area (Å²) in [6.07, 6.45) is 0.0552. The van der Waals surface area contributed by atoms with Crippen LogP contribution in [-0.4, -0.2) is 5.11 Å². The van der Waals surface area contributed by atoms with Crippen LogP contribution in [0.2, 0.25) is 0 Å². The van der Waals surface area contributed by atoms with Crippen molar-refractivity contribution >= 4 is 37.5 Å². The van der Waals surface area contributed by atoms with Crippen molar-refractivity contribution in [3.05, 3.63) is 98.9 Å². The molecule has 2 N–H and O–H groups in total. The van der Waals surface area contributed by atoms with Crippen molar-refractivity contribution in [3.8, 4) is 0 Å². The number of nitrogens with one attached hydrogen (secondary N) is 1. The summed E-state index contributed by atoms with van der Waals surface area (Å²) in [6, 6.07) is 26.1. The van der Waals surface area contributed by atoms with Crippen molar-refractivity contribution in [2.45, 2.75) is 18.6 Å². The highest BCUT2D eigenvalue weighted by atomic mass is 79.9. The first-order valence-electron chi connectivity index (χ1n) is 8.12. The Balaban J connectivity index is 1.83. The van der Waals surface area contributed by atoms with Gasteiger partial charge < -0.3 is 10.4 Å². The molecular weight excluding hydrogens is 442 g/mol. The zero-order chi connectivity index (χ0) is 17.6. The van der Waals surface area contributed by atoms with E-state index in [4.69, 9.17) is 0 Å². The van der Waals surface area contributed by atoms with Gasteiger partial charge in [0.05, 0.1) is 12.1 Å². The van der Waals surface area contributed by atoms with E-state index < -0.39 is 6.10 Å². The Hall–Kier alpha value is -1.62. The summed E-state index contributed by atoms with van der Waals surface area (Å²) in [6.45, 7) is 0. The van der Waals surface area contributed by atoms with E-state index in [1.54, 1.807) is 0 Å². The predicted molar refractivity (Wildman–Crippen MR) is 111 cm³/mol. The van der Waals surface area contributed by atoms with Gasteiger partial charge >= 0.3 is 0 Å². The Morgan fingerprint density at radius 3 is 1.88 bits per heavy atom. The fourth-order valence-electron chi connectivity index (χ4n) is 2.76. The van der Waals surface area contributed by atoms with Crippen LogP contribution in [0, 0.1) is 0 Å². The van der Waals surface area contributed by atoms with Crippen LogP contribution in [0.15, 0.2) is 87.8 Å². The van der Waals surface area contributed by atoms with E-state index in [9.17, 15) is 5.11 Å². The molecule has 0 fully saturated rings. The summed E-state index contributed by atoms with van der Waals surface area (Å²) in [5, 5.41) is 14.2. The Morgan fingerprint density at radius 1 is 0.720 bits per heavy atom. The van der Waals surface area contributed by atoms with Crippen LogP contribution in [-0.2, 0) is 0 Å². The average molecular weight is 461 g/mol. The van der Waals surface area contributed by atoms with E-state index in [1.165, 1.54) is 0 Å². The fraction of sp³-hybridized carbons (Fsp3) is 0.143. The van der Waals surface area contributed by atoms with Gasteiger partial charge in [-0.15, -0.1) is 0 Å². The SMILES string of the molecule is OC(CC(Nc1ccc(Br)cc1)c1ccc(Br)cc1)c1ccccc1. The summed E-state index contributed by atoms with van der Waals surface area (Å²) < 4.78 is 2.09. The highest BCUT2D eigenvalue weighted by Crippen LogP contribution is 2.30. The fourth-order valence-corrected chi connectivity index (χ4v) is 3.28. The lowest BCUT2D eigenvalue weighted by molar-refractivity contribution is 0.160. The van der Waals surface area contributed by atoms with Gasteiger partial charge in [0, 0.05) is 21.1 Å². The molecule has 3 rings (SSSR count). The lowest BCUT2D eigenvalue weighted by Gasteiger charge is -2.24. The zero-order valence-corrected chi connectivity index (χ0v) is 16.7. The van der Waals surface area contributed by atoms with Gasteiger partial charge in [0.25, 0.3) is 0 Å². The molecule has 0 saturated heterocycles. The number of anilines is 1. The molecule has 0 aliphatic carbocycles. The highest BCUT2D eigenvalue weighted by molar-refractivity contribution is 9.10. The maximum Gasteiger partial charge on any atom is 0.0812 e. The van der Waals surface area contributed by atoms with Gasteiger partial charge in [0.1, 0.15) is 0 Å². The maximum absolute atomic E-state index is 10.7. The minimum Gasteiger partial charge on any atom is -0.388 e. The number of halogens is 2. The van der Waals surface area contributed by atoms with Gasteiger partial charge in [-0.25, -0.2) is 0 Å². The Morgan fingerprint density at radius 2 is 1.28 bits per heavy atom. The van der Waals surface area contributed by atoms with E-state index >= 15 is 0 Å². The maximum atomic E-state index is 10.7. The van der Waals surface area contributed by atoms with Crippen LogP contribution >= 0.6 is 31.9 Å². The topological polar surface area (TPSA) is 32.3 Å². The van der Waals surface area contributed by atoms with Crippen molar-refractivity contribution in [1.82, 2.24) is 0 Å². The highest BCUT2D eigenvalue weighted by Gasteiger charge is 2.18. The zero-order valence-electron chi connectivity index (χ0n) is 13.6. The molecule has 0 spiro atoms. The van der Waals surface area contributed by atoms with E-state index in [2.05, 4.69) is 49.3 Å². The lowest BCUT2D eigenvalue weighted by Crippen LogP contribution is -2.14. The second kappa shape index (κ2) is 8.65. The molecular formula is C21H19Br2NO. The van der Waals surface area contributed by atoms with Crippen LogP contribution in [0.3, 0.4) is 0 Å². The van der Waals surface area contributed by atoms with Gasteiger partial charge in [-0.05, 0) is 47.5 Å². The number of aliphatic hydroxyl groups is 1. The summed E-state index contributed by atoms with van der Waals surface area (Å²) in [5.41, 5.74) is 3.10. The molecule has 4 heteroatoms. The van der Waals surface area contributed by atoms with Crippen molar-refractivity contribution in [2.75, 3.05) is 5.32 Å². The Bertz CT molecular complexity index is 788. The molecule has 128 valence electrons. The second-order valence-corrected chi connectivity index (χ2v) is 7.75. The summed E-state index contributed by atoms with van der Waals surface area (Å²) in [7, 11) is 0. The van der Waals surface area contributed by atoms with Crippen LogP contribution in [0.25, 0.3) is 0 Å². The van der Waals surface area contributed by atoms with Crippen molar-refractivity contribution < 1.29 is 5.11 Å². The summed E-state index contributed by atoms with van der Waals surface area (Å²) in [4.78, 5) is 0.